The minimum Gasteiger partial charge on any atom is -0.462 e. The molecule has 1 unspecified atom stereocenters. The van der Waals surface area contributed by atoms with Gasteiger partial charge in [0.15, 0.2) is 11.5 Å². The number of imidazole rings is 1. The molecule has 3 aromatic rings. The number of carbonyl (C=O) groups is 1. The van der Waals surface area contributed by atoms with Gasteiger partial charge >= 0.3 is 12.8 Å². The van der Waals surface area contributed by atoms with Crippen molar-refractivity contribution in [3.63, 3.8) is 0 Å². The van der Waals surface area contributed by atoms with Gasteiger partial charge in [0.1, 0.15) is 18.1 Å². The highest BCUT2D eigenvalue weighted by Crippen LogP contribution is 2.56. The number of aromatic nitrogens is 4. The number of unbranched alkanes of at least 4 members (excludes halogenated alkanes) is 2. The topological polar surface area (TPSA) is 152 Å². The van der Waals surface area contributed by atoms with Crippen molar-refractivity contribution in [2.75, 3.05) is 24.7 Å². The zero-order valence-corrected chi connectivity index (χ0v) is 20.8. The van der Waals surface area contributed by atoms with Crippen LogP contribution >= 0.6 is 18.2 Å². The summed E-state index contributed by atoms with van der Waals surface area (Å²) in [4.78, 5) is 34.4. The Balaban J connectivity index is 1.11. The number of benzene rings is 1. The first-order valence-electron chi connectivity index (χ1n) is 11.4. The van der Waals surface area contributed by atoms with E-state index in [0.29, 0.717) is 60.6 Å². The van der Waals surface area contributed by atoms with Crippen LogP contribution in [0.2, 0.25) is 0 Å². The molecule has 188 valence electrons. The summed E-state index contributed by atoms with van der Waals surface area (Å²) in [6.07, 6.45) is 5.92. The molecule has 0 radical (unpaired) electrons. The molecule has 0 aliphatic carbocycles. The Kier molecular flexibility index (Phi) is 8.74. The van der Waals surface area contributed by atoms with Gasteiger partial charge in [-0.15, -0.1) is 0 Å². The van der Waals surface area contributed by atoms with Gasteiger partial charge in [-0.1, -0.05) is 18.2 Å². The molecule has 1 aliphatic rings. The molecule has 1 aromatic carbocycles. The maximum atomic E-state index is 12.4. The van der Waals surface area contributed by atoms with Gasteiger partial charge in [0.2, 0.25) is 0 Å². The minimum atomic E-state index is -3.79. The average molecular weight is 522 g/mol. The molecule has 0 saturated carbocycles. The first-order valence-corrected chi connectivity index (χ1v) is 14.5. The van der Waals surface area contributed by atoms with E-state index in [9.17, 15) is 14.3 Å². The van der Waals surface area contributed by atoms with Gasteiger partial charge in [0.25, 0.3) is 0 Å². The van der Waals surface area contributed by atoms with Crippen LogP contribution in [0, 0.1) is 0 Å². The van der Waals surface area contributed by atoms with Gasteiger partial charge in [-0.25, -0.2) is 24.3 Å². The Morgan fingerprint density at radius 3 is 2.86 bits per heavy atom. The number of hydrogen-bond acceptors (Lipinski definition) is 10. The van der Waals surface area contributed by atoms with Crippen LogP contribution in [0.15, 0.2) is 43.0 Å². The molecule has 4 rings (SSSR count). The molecule has 2 aromatic heterocycles. The third-order valence-electron chi connectivity index (χ3n) is 5.49. The second kappa shape index (κ2) is 12.0. The predicted molar refractivity (Wildman–Crippen MR) is 132 cm³/mol. The monoisotopic (exact) mass is 521 g/mol. The highest BCUT2D eigenvalue weighted by molar-refractivity contribution is 8.54. The molecule has 1 saturated heterocycles. The number of nitrogens with zero attached hydrogens (tertiary/aromatic N) is 4. The quantitative estimate of drug-likeness (QED) is 0.202. The van der Waals surface area contributed by atoms with E-state index in [4.69, 9.17) is 19.7 Å². The Morgan fingerprint density at radius 1 is 1.20 bits per heavy atom. The van der Waals surface area contributed by atoms with Crippen LogP contribution in [0.1, 0.15) is 48.7 Å². The summed E-state index contributed by atoms with van der Waals surface area (Å²) in [7, 11) is 0. The highest BCUT2D eigenvalue weighted by atomic mass is 32.7. The zero-order chi connectivity index (χ0) is 24.7. The van der Waals surface area contributed by atoms with Crippen LogP contribution in [0.5, 0.6) is 0 Å². The van der Waals surface area contributed by atoms with Gasteiger partial charge < -0.3 is 20.1 Å². The van der Waals surface area contributed by atoms with Crippen molar-refractivity contribution >= 4 is 41.1 Å². The molecule has 35 heavy (non-hydrogen) atoms. The zero-order valence-electron chi connectivity index (χ0n) is 19.1. The second-order valence-corrected chi connectivity index (χ2v) is 12.1. The van der Waals surface area contributed by atoms with Crippen molar-refractivity contribution in [2.24, 2.45) is 0 Å². The lowest BCUT2D eigenvalue weighted by Crippen LogP contribution is -2.16. The molecule has 1 fully saturated rings. The summed E-state index contributed by atoms with van der Waals surface area (Å²) in [5.41, 5.74) is 7.45. The van der Waals surface area contributed by atoms with Crippen LogP contribution in [0.3, 0.4) is 0 Å². The number of hydrogen-bond donors (Lipinski definition) is 2. The molecule has 0 spiro atoms. The van der Waals surface area contributed by atoms with Gasteiger partial charge in [0, 0.05) is 5.75 Å². The van der Waals surface area contributed by atoms with E-state index in [1.807, 2.05) is 6.07 Å². The highest BCUT2D eigenvalue weighted by Gasteiger charge is 2.31. The summed E-state index contributed by atoms with van der Waals surface area (Å²) in [6, 6.07) is 8.82. The lowest BCUT2D eigenvalue weighted by atomic mass is 10.2. The average Bonchev–Trinajstić information content (AvgIpc) is 3.50. The number of esters is 1. The van der Waals surface area contributed by atoms with E-state index in [-0.39, 0.29) is 24.9 Å². The largest absolute Gasteiger partial charge is 0.462 e. The Hall–Kier alpha value is -2.50. The first kappa shape index (κ1) is 25.6. The predicted octanol–water partition coefficient (Wildman–Crippen LogP) is 3.96. The van der Waals surface area contributed by atoms with Crippen LogP contribution in [-0.4, -0.2) is 55.5 Å². The molecule has 0 bridgehead atoms. The molecule has 1 aliphatic heterocycles. The van der Waals surface area contributed by atoms with E-state index in [2.05, 4.69) is 15.0 Å². The summed E-state index contributed by atoms with van der Waals surface area (Å²) in [5, 5.41) is 0. The molecule has 13 heteroatoms. The number of carbonyl (C=O) groups excluding carboxylic acids is 1. The van der Waals surface area contributed by atoms with Crippen molar-refractivity contribution < 1.29 is 28.3 Å². The maximum Gasteiger partial charge on any atom is 0.386 e. The lowest BCUT2D eigenvalue weighted by Gasteiger charge is -2.17. The number of nitrogen functional groups attached to an aromatic ring is 1. The van der Waals surface area contributed by atoms with Gasteiger partial charge in [0.05, 0.1) is 31.2 Å². The Labute approximate surface area is 206 Å². The molecular formula is C22H28N5O6PS. The third-order valence-corrected chi connectivity index (χ3v) is 8.61. The SMILES string of the molecule is Nc1ncnc2c1ncn2[C@H]1CC[C@@H](COP(=O)(O)SCCCCCOC(=O)c2ccccc2)O1. The molecule has 3 atom stereocenters. The summed E-state index contributed by atoms with van der Waals surface area (Å²) < 4.78 is 30.7. The van der Waals surface area contributed by atoms with E-state index in [1.165, 1.54) is 6.33 Å². The number of ether oxygens (including phenoxy) is 2. The van der Waals surface area contributed by atoms with Crippen molar-refractivity contribution in [3.8, 4) is 0 Å². The van der Waals surface area contributed by atoms with E-state index in [0.717, 1.165) is 17.8 Å². The van der Waals surface area contributed by atoms with Gasteiger partial charge in [-0.05, 0) is 55.6 Å². The van der Waals surface area contributed by atoms with E-state index in [1.54, 1.807) is 35.2 Å². The molecular weight excluding hydrogens is 493 g/mol. The number of nitrogens with two attached hydrogens (primary N) is 1. The molecule has 11 nitrogen and oxygen atoms in total. The minimum absolute atomic E-state index is 0.0243. The fraction of sp³-hybridized carbons (Fsp3) is 0.455. The number of rotatable bonds is 12. The van der Waals surface area contributed by atoms with Crippen LogP contribution in [0.4, 0.5) is 5.82 Å². The third kappa shape index (κ3) is 7.02. The van der Waals surface area contributed by atoms with E-state index >= 15 is 0 Å². The summed E-state index contributed by atoms with van der Waals surface area (Å²) in [6.45, 7) is -3.45. The second-order valence-electron chi connectivity index (χ2n) is 8.03. The molecule has 0 amide bonds. The fourth-order valence-electron chi connectivity index (χ4n) is 3.69. The Morgan fingerprint density at radius 2 is 2.03 bits per heavy atom. The summed E-state index contributed by atoms with van der Waals surface area (Å²) >= 11 is 0.905. The number of anilines is 1. The standard InChI is InChI=1S/C22H28N5O6PS/c23-20-19-21(25-14-24-20)27(15-26-19)18-10-9-17(33-18)13-32-34(29,30)35-12-6-2-5-11-31-22(28)16-7-3-1-4-8-16/h1,3-4,7-8,14-15,17-18H,2,5-6,9-13H2,(H,29,30)(H2,23,24,25)/t17-,18+/m0/s1. The maximum absolute atomic E-state index is 12.4. The van der Waals surface area contributed by atoms with E-state index < -0.39 is 6.80 Å². The first-order chi connectivity index (χ1) is 16.9. The van der Waals surface area contributed by atoms with Crippen molar-refractivity contribution in [1.29, 1.82) is 0 Å². The fourth-order valence-corrected chi connectivity index (χ4v) is 6.17. The Bertz CT molecular complexity index is 1180. The van der Waals surface area contributed by atoms with Crippen molar-refractivity contribution in [1.82, 2.24) is 19.5 Å². The molecule has 3 heterocycles. The lowest BCUT2D eigenvalue weighted by molar-refractivity contribution is -0.0166. The normalized spacial score (nSPS) is 19.6. The van der Waals surface area contributed by atoms with Crippen molar-refractivity contribution in [3.05, 3.63) is 48.5 Å². The number of fused-ring (bicyclic) bond motifs is 1. The summed E-state index contributed by atoms with van der Waals surface area (Å²) in [5.74, 6) is 0.429. The van der Waals surface area contributed by atoms with Crippen LogP contribution in [-0.2, 0) is 18.6 Å². The molecule has 3 N–H and O–H groups in total. The van der Waals surface area contributed by atoms with Crippen LogP contribution in [0.25, 0.3) is 11.2 Å². The smallest absolute Gasteiger partial charge is 0.386 e. The van der Waals surface area contributed by atoms with Crippen molar-refractivity contribution in [2.45, 2.75) is 44.4 Å². The van der Waals surface area contributed by atoms with Gasteiger partial charge in [-0.3, -0.25) is 9.09 Å². The van der Waals surface area contributed by atoms with Gasteiger partial charge in [-0.2, -0.15) is 0 Å². The van der Waals surface area contributed by atoms with Crippen LogP contribution < -0.4 is 5.73 Å².